The van der Waals surface area contributed by atoms with Crippen LogP contribution in [0.4, 0.5) is 0 Å². The predicted molar refractivity (Wildman–Crippen MR) is 87.7 cm³/mol. The fourth-order valence-corrected chi connectivity index (χ4v) is 2.77. The van der Waals surface area contributed by atoms with Gasteiger partial charge in [0, 0.05) is 44.2 Å². The zero-order chi connectivity index (χ0) is 15.1. The molecule has 116 valence electrons. The van der Waals surface area contributed by atoms with Gasteiger partial charge in [-0.1, -0.05) is 37.1 Å². The van der Waals surface area contributed by atoms with Crippen molar-refractivity contribution >= 4 is 17.5 Å². The molecule has 21 heavy (non-hydrogen) atoms. The van der Waals surface area contributed by atoms with Crippen molar-refractivity contribution < 1.29 is 4.79 Å². The third-order valence-corrected chi connectivity index (χ3v) is 4.35. The van der Waals surface area contributed by atoms with E-state index >= 15 is 0 Å². The third-order valence-electron chi connectivity index (χ3n) is 4.10. The number of carbonyl (C=O) groups excluding carboxylic acids is 1. The number of rotatable bonds is 6. The Bertz CT molecular complexity index is 439. The second-order valence-corrected chi connectivity index (χ2v) is 6.14. The molecule has 1 amide bonds. The lowest BCUT2D eigenvalue weighted by molar-refractivity contribution is -0.133. The third kappa shape index (κ3) is 5.33. The fourth-order valence-electron chi connectivity index (χ4n) is 2.65. The van der Waals surface area contributed by atoms with Gasteiger partial charge >= 0.3 is 0 Å². The highest BCUT2D eigenvalue weighted by molar-refractivity contribution is 6.30. The van der Waals surface area contributed by atoms with E-state index in [4.69, 9.17) is 11.6 Å². The van der Waals surface area contributed by atoms with Crippen LogP contribution in [0.25, 0.3) is 0 Å². The number of amides is 1. The van der Waals surface area contributed by atoms with Crippen molar-refractivity contribution in [1.29, 1.82) is 0 Å². The molecule has 0 aromatic heterocycles. The van der Waals surface area contributed by atoms with Crippen LogP contribution in [0.1, 0.15) is 31.7 Å². The molecule has 0 aliphatic carbocycles. The SMILES string of the molecule is CCCCC(=O)N1CCN(CCc2ccc(Cl)cc2)CC1. The van der Waals surface area contributed by atoms with Gasteiger partial charge in [-0.3, -0.25) is 9.69 Å². The minimum Gasteiger partial charge on any atom is -0.340 e. The van der Waals surface area contributed by atoms with Crippen LogP contribution in [0.15, 0.2) is 24.3 Å². The van der Waals surface area contributed by atoms with Crippen LogP contribution in [0.5, 0.6) is 0 Å². The Balaban J connectivity index is 1.69. The summed E-state index contributed by atoms with van der Waals surface area (Å²) in [7, 11) is 0. The molecule has 3 nitrogen and oxygen atoms in total. The Labute approximate surface area is 132 Å². The standard InChI is InChI=1S/C17H25ClN2O/c1-2-3-4-17(21)20-13-11-19(12-14-20)10-9-15-5-7-16(18)8-6-15/h5-8H,2-4,9-14H2,1H3. The highest BCUT2D eigenvalue weighted by Crippen LogP contribution is 2.11. The van der Waals surface area contributed by atoms with Crippen molar-refractivity contribution in [3.8, 4) is 0 Å². The molecular formula is C17H25ClN2O. The van der Waals surface area contributed by atoms with Crippen molar-refractivity contribution in [3.63, 3.8) is 0 Å². The summed E-state index contributed by atoms with van der Waals surface area (Å²) in [5.41, 5.74) is 1.32. The zero-order valence-corrected chi connectivity index (χ0v) is 13.6. The number of unbranched alkanes of at least 4 members (excludes halogenated alkanes) is 1. The summed E-state index contributed by atoms with van der Waals surface area (Å²) in [6.07, 6.45) is 3.85. The van der Waals surface area contributed by atoms with E-state index < -0.39 is 0 Å². The molecule has 4 heteroatoms. The molecule has 1 aromatic carbocycles. The van der Waals surface area contributed by atoms with E-state index in [9.17, 15) is 4.79 Å². The van der Waals surface area contributed by atoms with Crippen LogP contribution in [-0.4, -0.2) is 48.4 Å². The van der Waals surface area contributed by atoms with Gasteiger partial charge in [-0.25, -0.2) is 0 Å². The molecule has 1 heterocycles. The first-order valence-corrected chi connectivity index (χ1v) is 8.31. The Hall–Kier alpha value is -1.06. The van der Waals surface area contributed by atoms with Crippen LogP contribution >= 0.6 is 11.6 Å². The highest BCUT2D eigenvalue weighted by Gasteiger charge is 2.20. The van der Waals surface area contributed by atoms with Crippen molar-refractivity contribution in [1.82, 2.24) is 9.80 Å². The van der Waals surface area contributed by atoms with Crippen LogP contribution < -0.4 is 0 Å². The second kappa shape index (κ2) is 8.40. The van der Waals surface area contributed by atoms with Gasteiger partial charge in [-0.05, 0) is 30.5 Å². The van der Waals surface area contributed by atoms with Gasteiger partial charge in [-0.2, -0.15) is 0 Å². The predicted octanol–water partition coefficient (Wildman–Crippen LogP) is 3.22. The maximum atomic E-state index is 12.0. The molecule has 0 unspecified atom stereocenters. The van der Waals surface area contributed by atoms with Crippen molar-refractivity contribution in [2.45, 2.75) is 32.6 Å². The number of piperazine rings is 1. The molecule has 0 bridgehead atoms. The largest absolute Gasteiger partial charge is 0.340 e. The van der Waals surface area contributed by atoms with Crippen molar-refractivity contribution in [3.05, 3.63) is 34.9 Å². The number of carbonyl (C=O) groups is 1. The van der Waals surface area contributed by atoms with E-state index in [1.54, 1.807) is 0 Å². The van der Waals surface area contributed by atoms with E-state index in [1.807, 2.05) is 17.0 Å². The minimum absolute atomic E-state index is 0.328. The number of halogens is 1. The lowest BCUT2D eigenvalue weighted by atomic mass is 10.1. The van der Waals surface area contributed by atoms with Crippen LogP contribution in [-0.2, 0) is 11.2 Å². The van der Waals surface area contributed by atoms with E-state index in [0.717, 1.165) is 57.0 Å². The first kappa shape index (κ1) is 16.3. The summed E-state index contributed by atoms with van der Waals surface area (Å²) < 4.78 is 0. The van der Waals surface area contributed by atoms with Gasteiger partial charge in [0.05, 0.1) is 0 Å². The molecule has 1 aromatic rings. The number of nitrogens with zero attached hydrogens (tertiary/aromatic N) is 2. The summed E-state index contributed by atoms with van der Waals surface area (Å²) >= 11 is 5.89. The topological polar surface area (TPSA) is 23.6 Å². The molecule has 0 radical (unpaired) electrons. The molecule has 0 N–H and O–H groups in total. The van der Waals surface area contributed by atoms with Gasteiger partial charge in [0.15, 0.2) is 0 Å². The van der Waals surface area contributed by atoms with Crippen LogP contribution in [0, 0.1) is 0 Å². The summed E-state index contributed by atoms with van der Waals surface area (Å²) in [5, 5.41) is 0.790. The molecule has 1 aliphatic heterocycles. The fraction of sp³-hybridized carbons (Fsp3) is 0.588. The Morgan fingerprint density at radius 2 is 1.81 bits per heavy atom. The molecule has 0 spiro atoms. The summed E-state index contributed by atoms with van der Waals surface area (Å²) in [4.78, 5) is 16.4. The normalized spacial score (nSPS) is 16.2. The van der Waals surface area contributed by atoms with Crippen LogP contribution in [0.2, 0.25) is 5.02 Å². The summed E-state index contributed by atoms with van der Waals surface area (Å²) in [6.45, 7) is 6.92. The number of benzene rings is 1. The van der Waals surface area contributed by atoms with Crippen molar-refractivity contribution in [2.24, 2.45) is 0 Å². The van der Waals surface area contributed by atoms with Gasteiger partial charge in [0.25, 0.3) is 0 Å². The second-order valence-electron chi connectivity index (χ2n) is 5.70. The van der Waals surface area contributed by atoms with E-state index in [-0.39, 0.29) is 0 Å². The smallest absolute Gasteiger partial charge is 0.222 e. The lowest BCUT2D eigenvalue weighted by Gasteiger charge is -2.34. The Morgan fingerprint density at radius 3 is 2.43 bits per heavy atom. The molecule has 2 rings (SSSR count). The van der Waals surface area contributed by atoms with Gasteiger partial charge in [-0.15, -0.1) is 0 Å². The molecule has 1 aliphatic rings. The van der Waals surface area contributed by atoms with E-state index in [2.05, 4.69) is 24.0 Å². The zero-order valence-electron chi connectivity index (χ0n) is 12.9. The molecule has 0 atom stereocenters. The quantitative estimate of drug-likeness (QED) is 0.805. The monoisotopic (exact) mass is 308 g/mol. The van der Waals surface area contributed by atoms with Crippen LogP contribution in [0.3, 0.4) is 0 Å². The van der Waals surface area contributed by atoms with Gasteiger partial charge < -0.3 is 4.90 Å². The lowest BCUT2D eigenvalue weighted by Crippen LogP contribution is -2.49. The van der Waals surface area contributed by atoms with Crippen molar-refractivity contribution in [2.75, 3.05) is 32.7 Å². The number of hydrogen-bond donors (Lipinski definition) is 0. The van der Waals surface area contributed by atoms with E-state index in [0.29, 0.717) is 12.3 Å². The summed E-state index contributed by atoms with van der Waals surface area (Å²) in [6, 6.07) is 8.07. The average molecular weight is 309 g/mol. The van der Waals surface area contributed by atoms with Gasteiger partial charge in [0.1, 0.15) is 0 Å². The molecule has 1 saturated heterocycles. The first-order valence-electron chi connectivity index (χ1n) is 7.93. The van der Waals surface area contributed by atoms with E-state index in [1.165, 1.54) is 5.56 Å². The molecule has 0 saturated carbocycles. The minimum atomic E-state index is 0.328. The maximum Gasteiger partial charge on any atom is 0.222 e. The first-order chi connectivity index (χ1) is 10.2. The summed E-state index contributed by atoms with van der Waals surface area (Å²) in [5.74, 6) is 0.328. The number of hydrogen-bond acceptors (Lipinski definition) is 2. The Kier molecular flexibility index (Phi) is 6.52. The Morgan fingerprint density at radius 1 is 1.14 bits per heavy atom. The molecule has 1 fully saturated rings. The maximum absolute atomic E-state index is 12.0. The average Bonchev–Trinajstić information content (AvgIpc) is 2.52. The molecular weight excluding hydrogens is 284 g/mol. The highest BCUT2D eigenvalue weighted by atomic mass is 35.5. The van der Waals surface area contributed by atoms with Gasteiger partial charge in [0.2, 0.25) is 5.91 Å².